The van der Waals surface area contributed by atoms with E-state index in [1.807, 2.05) is 0 Å². The third-order valence-electron chi connectivity index (χ3n) is 5.27. The predicted molar refractivity (Wildman–Crippen MR) is 121 cm³/mol. The Morgan fingerprint density at radius 3 is 2.34 bits per heavy atom. The van der Waals surface area contributed by atoms with Gasteiger partial charge in [-0.3, -0.25) is 4.79 Å². The summed E-state index contributed by atoms with van der Waals surface area (Å²) in [4.78, 5) is 14.0. The lowest BCUT2D eigenvalue weighted by Crippen LogP contribution is -2.30. The molecule has 0 aliphatic carbocycles. The second-order valence-corrected chi connectivity index (χ2v) is 9.62. The van der Waals surface area contributed by atoms with E-state index in [9.17, 15) is 18.3 Å². The Labute approximate surface area is 191 Å². The maximum atomic E-state index is 13.5. The van der Waals surface area contributed by atoms with Crippen molar-refractivity contribution in [1.29, 1.82) is 0 Å². The van der Waals surface area contributed by atoms with Gasteiger partial charge in [0.1, 0.15) is 10.7 Å². The van der Waals surface area contributed by atoms with E-state index in [-0.39, 0.29) is 16.3 Å². The molecule has 8 heteroatoms. The molecule has 0 bridgehead atoms. The minimum absolute atomic E-state index is 0.0552. The van der Waals surface area contributed by atoms with Gasteiger partial charge in [-0.15, -0.1) is 0 Å². The molecule has 0 fully saturated rings. The molecule has 32 heavy (non-hydrogen) atoms. The number of carbonyl (C=O) groups excluding carboxylic acids is 1. The molecule has 0 saturated heterocycles. The van der Waals surface area contributed by atoms with E-state index in [2.05, 4.69) is 0 Å². The Morgan fingerprint density at radius 2 is 1.69 bits per heavy atom. The first-order valence-corrected chi connectivity index (χ1v) is 11.6. The highest BCUT2D eigenvalue weighted by atomic mass is 35.5. The molecule has 1 amide bonds. The maximum Gasteiger partial charge on any atom is 0.290 e. The Hall–Kier alpha value is -3.29. The van der Waals surface area contributed by atoms with Crippen molar-refractivity contribution in [3.05, 3.63) is 106 Å². The lowest BCUT2D eigenvalue weighted by atomic mass is 10.1. The van der Waals surface area contributed by atoms with Crippen LogP contribution >= 0.6 is 11.6 Å². The fraction of sp³-hybridized carbons (Fsp3) is 0.125. The summed E-state index contributed by atoms with van der Waals surface area (Å²) in [7, 11) is -2.65. The minimum atomic E-state index is -4.19. The van der Waals surface area contributed by atoms with Crippen LogP contribution < -0.4 is 4.74 Å². The maximum absolute atomic E-state index is 13.5. The average Bonchev–Trinajstić information content (AvgIpc) is 3.05. The van der Waals surface area contributed by atoms with Gasteiger partial charge in [-0.25, -0.2) is 8.42 Å². The summed E-state index contributed by atoms with van der Waals surface area (Å²) in [5.74, 6) is -0.928. The summed E-state index contributed by atoms with van der Waals surface area (Å²) in [6, 6.07) is 20.5. The van der Waals surface area contributed by atoms with Crippen molar-refractivity contribution in [3.8, 4) is 5.75 Å². The topological polar surface area (TPSA) is 83.9 Å². The Kier molecular flexibility index (Phi) is 5.95. The van der Waals surface area contributed by atoms with E-state index >= 15 is 0 Å². The number of aliphatic hydroxyl groups is 1. The summed E-state index contributed by atoms with van der Waals surface area (Å²) >= 11 is 5.91. The van der Waals surface area contributed by atoms with Gasteiger partial charge in [-0.05, 0) is 47.5 Å². The predicted octanol–water partition coefficient (Wildman–Crippen LogP) is 4.68. The third kappa shape index (κ3) is 3.97. The number of ether oxygens (including phenoxy) is 1. The van der Waals surface area contributed by atoms with Crippen molar-refractivity contribution < 1.29 is 23.1 Å². The molecule has 1 heterocycles. The summed E-state index contributed by atoms with van der Waals surface area (Å²) in [5.41, 5.74) is 1.30. The molecular formula is C24H20ClNO5S. The van der Waals surface area contributed by atoms with E-state index < -0.39 is 27.5 Å². The van der Waals surface area contributed by atoms with Gasteiger partial charge in [0.05, 0.1) is 18.0 Å². The molecule has 4 rings (SSSR count). The van der Waals surface area contributed by atoms with Gasteiger partial charge in [0.15, 0.2) is 5.76 Å². The number of benzene rings is 3. The van der Waals surface area contributed by atoms with Crippen LogP contribution in [0.4, 0.5) is 0 Å². The van der Waals surface area contributed by atoms with E-state index in [1.165, 1.54) is 36.3 Å². The molecule has 3 aromatic carbocycles. The molecule has 0 unspecified atom stereocenters. The Bertz CT molecular complexity index is 1290. The molecule has 1 aliphatic heterocycles. The second-order valence-electron chi connectivity index (χ2n) is 7.27. The number of carbonyl (C=O) groups is 1. The van der Waals surface area contributed by atoms with Gasteiger partial charge in [0.2, 0.25) is 9.84 Å². The summed E-state index contributed by atoms with van der Waals surface area (Å²) < 4.78 is 32.3. The number of hydrogen-bond acceptors (Lipinski definition) is 5. The first-order valence-electron chi connectivity index (χ1n) is 9.75. The fourth-order valence-corrected chi connectivity index (χ4v) is 5.52. The van der Waals surface area contributed by atoms with Crippen LogP contribution in [0, 0.1) is 0 Å². The van der Waals surface area contributed by atoms with Gasteiger partial charge < -0.3 is 14.7 Å². The number of methoxy groups -OCH3 is 1. The minimum Gasteiger partial charge on any atom is -0.502 e. The number of sulfone groups is 1. The Morgan fingerprint density at radius 1 is 1.00 bits per heavy atom. The van der Waals surface area contributed by atoms with Crippen molar-refractivity contribution in [2.75, 3.05) is 7.11 Å². The summed E-state index contributed by atoms with van der Waals surface area (Å²) in [6.45, 7) is 0.0826. The van der Waals surface area contributed by atoms with Crippen LogP contribution in [0.2, 0.25) is 5.02 Å². The molecule has 1 aliphatic rings. The molecule has 164 valence electrons. The zero-order valence-electron chi connectivity index (χ0n) is 17.1. The molecular weight excluding hydrogens is 450 g/mol. The molecule has 0 spiro atoms. The van der Waals surface area contributed by atoms with Gasteiger partial charge in [0, 0.05) is 11.6 Å². The van der Waals surface area contributed by atoms with E-state index in [4.69, 9.17) is 16.3 Å². The lowest BCUT2D eigenvalue weighted by Gasteiger charge is -2.27. The second kappa shape index (κ2) is 8.68. The van der Waals surface area contributed by atoms with Crippen LogP contribution in [0.3, 0.4) is 0 Å². The van der Waals surface area contributed by atoms with E-state index in [0.29, 0.717) is 16.3 Å². The van der Waals surface area contributed by atoms with Crippen LogP contribution in [0.5, 0.6) is 5.75 Å². The van der Waals surface area contributed by atoms with Crippen LogP contribution in [-0.2, 0) is 21.2 Å². The van der Waals surface area contributed by atoms with Crippen molar-refractivity contribution >= 4 is 27.3 Å². The smallest absolute Gasteiger partial charge is 0.290 e. The molecule has 3 aromatic rings. The van der Waals surface area contributed by atoms with Crippen LogP contribution in [0.15, 0.2) is 94.4 Å². The summed E-state index contributed by atoms with van der Waals surface area (Å²) in [6.07, 6.45) is 0. The standard InChI is InChI=1S/C24H20ClNO5S/c1-31-19-9-5-6-16(14-19)15-26-21(17-7-3-2-4-8-17)23(22(27)24(26)28)32(29,30)20-12-10-18(25)11-13-20/h2-14,21,27H,15H2,1H3/t21-/m1/s1. The number of nitrogens with zero attached hydrogens (tertiary/aromatic N) is 1. The van der Waals surface area contributed by atoms with Gasteiger partial charge >= 0.3 is 0 Å². The lowest BCUT2D eigenvalue weighted by molar-refractivity contribution is -0.130. The molecule has 0 aromatic heterocycles. The summed E-state index contributed by atoms with van der Waals surface area (Å²) in [5, 5.41) is 11.1. The quantitative estimate of drug-likeness (QED) is 0.567. The third-order valence-corrected chi connectivity index (χ3v) is 7.41. The first-order chi connectivity index (χ1) is 15.3. The number of hydrogen-bond donors (Lipinski definition) is 1. The molecule has 1 N–H and O–H groups in total. The van der Waals surface area contributed by atoms with Crippen molar-refractivity contribution in [3.63, 3.8) is 0 Å². The molecule has 1 atom stereocenters. The van der Waals surface area contributed by atoms with Crippen molar-refractivity contribution in [2.45, 2.75) is 17.5 Å². The Balaban J connectivity index is 1.83. The molecule has 0 saturated carbocycles. The number of amides is 1. The van der Waals surface area contributed by atoms with Crippen molar-refractivity contribution in [1.82, 2.24) is 4.90 Å². The first kappa shape index (κ1) is 21.9. The highest BCUT2D eigenvalue weighted by Crippen LogP contribution is 2.43. The van der Waals surface area contributed by atoms with Gasteiger partial charge in [0.25, 0.3) is 5.91 Å². The van der Waals surface area contributed by atoms with Crippen LogP contribution in [0.25, 0.3) is 0 Å². The van der Waals surface area contributed by atoms with Crippen LogP contribution in [-0.4, -0.2) is 31.4 Å². The van der Waals surface area contributed by atoms with E-state index in [1.54, 1.807) is 54.6 Å². The van der Waals surface area contributed by atoms with Crippen molar-refractivity contribution in [2.24, 2.45) is 0 Å². The zero-order chi connectivity index (χ0) is 22.9. The number of rotatable bonds is 6. The molecule has 6 nitrogen and oxygen atoms in total. The monoisotopic (exact) mass is 469 g/mol. The van der Waals surface area contributed by atoms with Gasteiger partial charge in [-0.1, -0.05) is 54.1 Å². The highest BCUT2D eigenvalue weighted by Gasteiger charge is 2.46. The SMILES string of the molecule is COc1cccc(CN2C(=O)C(O)=C(S(=O)(=O)c3ccc(Cl)cc3)[C@H]2c2ccccc2)c1. The van der Waals surface area contributed by atoms with Gasteiger partial charge in [-0.2, -0.15) is 0 Å². The normalized spacial score (nSPS) is 16.5. The molecule has 0 radical (unpaired) electrons. The van der Waals surface area contributed by atoms with Crippen LogP contribution in [0.1, 0.15) is 17.2 Å². The number of aliphatic hydroxyl groups excluding tert-OH is 1. The zero-order valence-corrected chi connectivity index (χ0v) is 18.7. The highest BCUT2D eigenvalue weighted by molar-refractivity contribution is 7.95. The average molecular weight is 470 g/mol. The largest absolute Gasteiger partial charge is 0.502 e. The fourth-order valence-electron chi connectivity index (χ4n) is 3.74. The number of halogens is 1. The van der Waals surface area contributed by atoms with E-state index in [0.717, 1.165) is 5.56 Å².